The fourth-order valence-electron chi connectivity index (χ4n) is 10.9. The van der Waals surface area contributed by atoms with E-state index in [1.165, 1.54) is 11.1 Å². The first-order valence-electron chi connectivity index (χ1n) is 28.6. The molecule has 13 nitrogen and oxygen atoms in total. The Kier molecular flexibility index (Phi) is 22.9. The Hall–Kier alpha value is -6.35. The lowest BCUT2D eigenvalue weighted by molar-refractivity contribution is -0.135. The van der Waals surface area contributed by atoms with Crippen LogP contribution in [0.5, 0.6) is 0 Å². The summed E-state index contributed by atoms with van der Waals surface area (Å²) in [6, 6.07) is 42.6. The second-order valence-corrected chi connectivity index (χ2v) is 22.9. The maximum absolute atomic E-state index is 13.9. The average molecular weight is 1130 g/mol. The summed E-state index contributed by atoms with van der Waals surface area (Å²) in [5.41, 5.74) is 3.68. The van der Waals surface area contributed by atoms with Crippen LogP contribution in [0.1, 0.15) is 124 Å². The van der Waals surface area contributed by atoms with Crippen molar-refractivity contribution in [3.63, 3.8) is 0 Å². The van der Waals surface area contributed by atoms with Crippen molar-refractivity contribution < 1.29 is 24.0 Å². The Morgan fingerprint density at radius 1 is 0.588 bits per heavy atom. The SMILES string of the molecule is CC[C@H](CN1CC[C@@H](CNC(=O)c2ccc3cc(Cl)ccc3c2)N[C@@H](CCN(C(C)=O)C(C)C)C1=O)c1ccccc1.CC[C@H](CN1CC[C@@H](CNC(=O)c2ccc3cc(Cl)ccc3c2)N[C@@H](CNC(C)C)C1=O)c1ccccc1. The highest BCUT2D eigenvalue weighted by Crippen LogP contribution is 2.26. The first-order valence-corrected chi connectivity index (χ1v) is 29.4. The van der Waals surface area contributed by atoms with Crippen molar-refractivity contribution in [1.82, 2.24) is 41.3 Å². The smallest absolute Gasteiger partial charge is 0.251 e. The lowest BCUT2D eigenvalue weighted by Gasteiger charge is -2.31. The van der Waals surface area contributed by atoms with Gasteiger partial charge >= 0.3 is 0 Å². The van der Waals surface area contributed by atoms with Crippen molar-refractivity contribution in [2.45, 2.75) is 129 Å². The Bertz CT molecular complexity index is 3020. The summed E-state index contributed by atoms with van der Waals surface area (Å²) in [6.07, 6.45) is 3.88. The van der Waals surface area contributed by atoms with Crippen LogP contribution in [-0.2, 0) is 14.4 Å². The number of nitrogens with one attached hydrogen (secondary N) is 5. The molecule has 2 aliphatic heterocycles. The van der Waals surface area contributed by atoms with Crippen LogP contribution in [0.2, 0.25) is 10.0 Å². The van der Waals surface area contributed by atoms with Gasteiger partial charge in [0.15, 0.2) is 0 Å². The van der Waals surface area contributed by atoms with Gasteiger partial charge in [-0.25, -0.2) is 0 Å². The van der Waals surface area contributed by atoms with Crippen LogP contribution in [0.3, 0.4) is 0 Å². The molecule has 6 atom stereocenters. The number of nitrogens with zero attached hydrogens (tertiary/aromatic N) is 3. The number of amides is 5. The molecule has 5 amide bonds. The highest BCUT2D eigenvalue weighted by Gasteiger charge is 2.34. The predicted octanol–water partition coefficient (Wildman–Crippen LogP) is 10.6. The van der Waals surface area contributed by atoms with E-state index in [9.17, 15) is 24.0 Å². The largest absolute Gasteiger partial charge is 0.350 e. The quantitative estimate of drug-likeness (QED) is 0.0477. The van der Waals surface area contributed by atoms with Crippen LogP contribution in [0, 0.1) is 0 Å². The van der Waals surface area contributed by atoms with Gasteiger partial charge in [0.05, 0.1) is 12.1 Å². The minimum absolute atomic E-state index is 0.000443. The second-order valence-electron chi connectivity index (χ2n) is 22.0. The molecule has 5 N–H and O–H groups in total. The number of carbonyl (C=O) groups is 5. The summed E-state index contributed by atoms with van der Waals surface area (Å²) in [4.78, 5) is 71.7. The third kappa shape index (κ3) is 17.3. The fraction of sp³-hybridized carbons (Fsp3) is 0.431. The summed E-state index contributed by atoms with van der Waals surface area (Å²) in [5.74, 6) is 0.420. The maximum Gasteiger partial charge on any atom is 0.251 e. The van der Waals surface area contributed by atoms with E-state index < -0.39 is 6.04 Å². The van der Waals surface area contributed by atoms with Crippen LogP contribution in [0.25, 0.3) is 21.5 Å². The van der Waals surface area contributed by atoms with Gasteiger partial charge in [-0.05, 0) is 127 Å². The molecule has 2 fully saturated rings. The normalized spacial score (nSPS) is 18.5. The first kappa shape index (κ1) is 61.3. The van der Waals surface area contributed by atoms with Crippen molar-refractivity contribution in [2.75, 3.05) is 52.4 Å². The average Bonchev–Trinajstić information content (AvgIpc) is 3.70. The molecule has 0 aromatic heterocycles. The number of rotatable bonds is 21. The van der Waals surface area contributed by atoms with Crippen LogP contribution >= 0.6 is 23.2 Å². The van der Waals surface area contributed by atoms with E-state index in [2.05, 4.69) is 90.7 Å². The molecule has 0 aliphatic carbocycles. The number of fused-ring (bicyclic) bond motifs is 2. The number of hydrogen-bond acceptors (Lipinski definition) is 8. The van der Waals surface area contributed by atoms with Crippen LogP contribution in [0.15, 0.2) is 133 Å². The summed E-state index contributed by atoms with van der Waals surface area (Å²) >= 11 is 12.2. The Morgan fingerprint density at radius 3 is 1.44 bits per heavy atom. The molecule has 80 heavy (non-hydrogen) atoms. The van der Waals surface area contributed by atoms with Crippen molar-refractivity contribution in [3.05, 3.63) is 166 Å². The van der Waals surface area contributed by atoms with Gasteiger partial charge in [-0.15, -0.1) is 0 Å². The lowest BCUT2D eigenvalue weighted by Crippen LogP contribution is -2.54. The van der Waals surface area contributed by atoms with E-state index in [0.29, 0.717) is 86.4 Å². The zero-order valence-electron chi connectivity index (χ0n) is 47.7. The number of halogens is 2. The Morgan fingerprint density at radius 2 is 1.01 bits per heavy atom. The van der Waals surface area contributed by atoms with Gasteiger partial charge < -0.3 is 41.3 Å². The Balaban J connectivity index is 0.000000232. The molecule has 2 aliphatic rings. The lowest BCUT2D eigenvalue weighted by atomic mass is 9.95. The highest BCUT2D eigenvalue weighted by molar-refractivity contribution is 6.31. The van der Waals surface area contributed by atoms with Gasteiger partial charge in [0, 0.05) is 116 Å². The molecule has 0 spiro atoms. The molecule has 426 valence electrons. The van der Waals surface area contributed by atoms with Crippen LogP contribution in [0.4, 0.5) is 0 Å². The molecule has 2 heterocycles. The van der Waals surface area contributed by atoms with Gasteiger partial charge in [-0.2, -0.15) is 0 Å². The summed E-state index contributed by atoms with van der Waals surface area (Å²) in [7, 11) is 0. The van der Waals surface area contributed by atoms with Gasteiger partial charge in [-0.3, -0.25) is 24.0 Å². The molecule has 6 aromatic carbocycles. The number of hydrogen-bond donors (Lipinski definition) is 5. The Labute approximate surface area is 483 Å². The zero-order chi connectivity index (χ0) is 57.3. The molecule has 6 aromatic rings. The van der Waals surface area contributed by atoms with Crippen molar-refractivity contribution in [2.24, 2.45) is 0 Å². The third-order valence-corrected chi connectivity index (χ3v) is 16.0. The molecular formula is C65H82Cl2N8O5. The van der Waals surface area contributed by atoms with E-state index in [1.807, 2.05) is 115 Å². The molecule has 0 unspecified atom stereocenters. The van der Waals surface area contributed by atoms with Crippen LogP contribution < -0.4 is 26.6 Å². The van der Waals surface area contributed by atoms with E-state index in [4.69, 9.17) is 23.2 Å². The van der Waals surface area contributed by atoms with Crippen LogP contribution in [-0.4, -0.2) is 133 Å². The molecule has 2 saturated heterocycles. The fourth-order valence-corrected chi connectivity index (χ4v) is 11.2. The van der Waals surface area contributed by atoms with Gasteiger partial charge in [0.1, 0.15) is 0 Å². The molecule has 8 rings (SSSR count). The topological polar surface area (TPSA) is 155 Å². The monoisotopic (exact) mass is 1120 g/mol. The maximum atomic E-state index is 13.9. The summed E-state index contributed by atoms with van der Waals surface area (Å²) < 4.78 is 0. The molecule has 15 heteroatoms. The molecular weight excluding hydrogens is 1040 g/mol. The first-order chi connectivity index (χ1) is 38.5. The van der Waals surface area contributed by atoms with Gasteiger partial charge in [-0.1, -0.05) is 136 Å². The molecule has 0 saturated carbocycles. The van der Waals surface area contributed by atoms with Gasteiger partial charge in [0.25, 0.3) is 11.8 Å². The van der Waals surface area contributed by atoms with E-state index in [0.717, 1.165) is 40.8 Å². The zero-order valence-corrected chi connectivity index (χ0v) is 49.2. The highest BCUT2D eigenvalue weighted by atomic mass is 35.5. The van der Waals surface area contributed by atoms with Crippen molar-refractivity contribution in [1.29, 1.82) is 0 Å². The minimum Gasteiger partial charge on any atom is -0.350 e. The van der Waals surface area contributed by atoms with Crippen molar-refractivity contribution in [3.8, 4) is 0 Å². The molecule has 0 radical (unpaired) electrons. The standard InChI is InChI=1S/C34H43ClN4O3.C31H39ClN4O2/c1-5-25(26-9-7-6-8-10-26)22-38-17-15-31(37-32(34(38)42)16-18-39(23(2)3)24(4)40)21-36-33(41)29-12-11-28-20-30(35)14-13-27(28)19-29;1-4-22(23-8-6-5-7-9-23)20-36-15-14-28(35-29(31(36)38)19-33-21(2)3)18-34-30(37)26-11-10-25-17-27(32)13-12-24(25)16-26/h6-14,19-20,23,25,31-32,37H,5,15-18,21-22H2,1-4H3,(H,36,41);5-13,16-17,21-22,28-29,33,35H,4,14-15,18-20H2,1-3H3,(H,34,37)/t25-,31+,32+;22-,28+,29+/m11/s1. The third-order valence-electron chi connectivity index (χ3n) is 15.6. The summed E-state index contributed by atoms with van der Waals surface area (Å²) in [5, 5.41) is 21.9. The molecule has 0 bridgehead atoms. The van der Waals surface area contributed by atoms with Gasteiger partial charge in [0.2, 0.25) is 17.7 Å². The van der Waals surface area contributed by atoms with Crippen molar-refractivity contribution >= 4 is 74.3 Å². The van der Waals surface area contributed by atoms with E-state index in [-0.39, 0.29) is 71.6 Å². The predicted molar refractivity (Wildman–Crippen MR) is 326 cm³/mol. The summed E-state index contributed by atoms with van der Waals surface area (Å²) in [6.45, 7) is 18.5. The second kappa shape index (κ2) is 29.9. The number of benzene rings is 6. The van der Waals surface area contributed by atoms with E-state index in [1.54, 1.807) is 17.9 Å². The number of carbonyl (C=O) groups excluding carboxylic acids is 5. The van der Waals surface area contributed by atoms with E-state index >= 15 is 0 Å². The minimum atomic E-state index is -0.450.